The molecular formula is C25H25N3O7. The summed E-state index contributed by atoms with van der Waals surface area (Å²) in [6.07, 6.45) is 1.37. The average molecular weight is 479 g/mol. The SMILES string of the molecule is CCOc1cc(/C=N/NC(=O)C(=O)Nc2ccc(C)cc2)ccc1OCc1ccc(C(=O)OC)o1. The fourth-order valence-corrected chi connectivity index (χ4v) is 2.85. The minimum absolute atomic E-state index is 0.0661. The van der Waals surface area contributed by atoms with E-state index in [1.807, 2.05) is 26.0 Å². The lowest BCUT2D eigenvalue weighted by Gasteiger charge is -2.11. The van der Waals surface area contributed by atoms with Gasteiger partial charge in [-0.3, -0.25) is 9.59 Å². The van der Waals surface area contributed by atoms with Crippen molar-refractivity contribution in [2.75, 3.05) is 19.0 Å². The molecule has 0 unspecified atom stereocenters. The Labute approximate surface area is 201 Å². The van der Waals surface area contributed by atoms with Crippen molar-refractivity contribution in [2.45, 2.75) is 20.5 Å². The molecule has 10 nitrogen and oxygen atoms in total. The number of hydrazone groups is 1. The monoisotopic (exact) mass is 479 g/mol. The van der Waals surface area contributed by atoms with Gasteiger partial charge in [0, 0.05) is 5.69 Å². The van der Waals surface area contributed by atoms with Crippen LogP contribution in [-0.4, -0.2) is 37.7 Å². The van der Waals surface area contributed by atoms with Gasteiger partial charge in [-0.05, 0) is 61.9 Å². The van der Waals surface area contributed by atoms with Gasteiger partial charge < -0.3 is 23.9 Å². The number of nitrogens with one attached hydrogen (secondary N) is 2. The second kappa shape index (κ2) is 12.0. The van der Waals surface area contributed by atoms with Crippen molar-refractivity contribution in [1.82, 2.24) is 5.43 Å². The predicted octanol–water partition coefficient (Wildman–Crippen LogP) is 3.44. The van der Waals surface area contributed by atoms with Gasteiger partial charge >= 0.3 is 17.8 Å². The van der Waals surface area contributed by atoms with Crippen LogP contribution in [0, 0.1) is 6.92 Å². The number of methoxy groups -OCH3 is 1. The number of esters is 1. The van der Waals surface area contributed by atoms with Crippen molar-refractivity contribution in [3.8, 4) is 11.5 Å². The zero-order chi connectivity index (χ0) is 25.2. The Morgan fingerprint density at radius 2 is 1.74 bits per heavy atom. The normalized spacial score (nSPS) is 10.6. The third kappa shape index (κ3) is 7.19. The topological polar surface area (TPSA) is 128 Å². The number of hydrogen-bond donors (Lipinski definition) is 2. The number of nitrogens with zero attached hydrogens (tertiary/aromatic N) is 1. The highest BCUT2D eigenvalue weighted by atomic mass is 16.5. The summed E-state index contributed by atoms with van der Waals surface area (Å²) in [6, 6.07) is 15.2. The van der Waals surface area contributed by atoms with Crippen molar-refractivity contribution in [1.29, 1.82) is 0 Å². The van der Waals surface area contributed by atoms with E-state index < -0.39 is 17.8 Å². The maximum absolute atomic E-state index is 12.0. The van der Waals surface area contributed by atoms with Crippen LogP contribution in [0.2, 0.25) is 0 Å². The first-order valence-electron chi connectivity index (χ1n) is 10.7. The standard InChI is InChI=1S/C25H25N3O7/c1-4-33-22-13-17(7-11-20(22)34-15-19-10-12-21(35-19)25(31)32-3)14-26-28-24(30)23(29)27-18-8-5-16(2)6-9-18/h5-14H,4,15H2,1-3H3,(H,27,29)(H,28,30)/b26-14+. The summed E-state index contributed by atoms with van der Waals surface area (Å²) in [5, 5.41) is 6.32. The Morgan fingerprint density at radius 3 is 2.46 bits per heavy atom. The number of ether oxygens (including phenoxy) is 3. The van der Waals surface area contributed by atoms with E-state index in [0.29, 0.717) is 35.1 Å². The van der Waals surface area contributed by atoms with Crippen LogP contribution in [0.1, 0.15) is 34.4 Å². The zero-order valence-corrected chi connectivity index (χ0v) is 19.5. The maximum atomic E-state index is 12.0. The van der Waals surface area contributed by atoms with E-state index in [1.165, 1.54) is 19.4 Å². The fraction of sp³-hybridized carbons (Fsp3) is 0.200. The highest BCUT2D eigenvalue weighted by molar-refractivity contribution is 6.39. The van der Waals surface area contributed by atoms with Gasteiger partial charge in [0.15, 0.2) is 11.5 Å². The molecule has 0 atom stereocenters. The molecule has 0 fully saturated rings. The Morgan fingerprint density at radius 1 is 0.971 bits per heavy atom. The first-order valence-corrected chi connectivity index (χ1v) is 10.7. The molecule has 3 aromatic rings. The zero-order valence-electron chi connectivity index (χ0n) is 19.5. The van der Waals surface area contributed by atoms with Crippen molar-refractivity contribution < 1.29 is 33.0 Å². The lowest BCUT2D eigenvalue weighted by Crippen LogP contribution is -2.32. The lowest BCUT2D eigenvalue weighted by atomic mass is 10.2. The van der Waals surface area contributed by atoms with Crippen LogP contribution in [0.5, 0.6) is 11.5 Å². The number of furan rings is 1. The van der Waals surface area contributed by atoms with Gasteiger partial charge in [-0.2, -0.15) is 5.10 Å². The third-order valence-electron chi connectivity index (χ3n) is 4.58. The highest BCUT2D eigenvalue weighted by Crippen LogP contribution is 2.29. The van der Waals surface area contributed by atoms with Crippen LogP contribution in [0.25, 0.3) is 0 Å². The molecule has 1 heterocycles. The quantitative estimate of drug-likeness (QED) is 0.208. The second-order valence-electron chi connectivity index (χ2n) is 7.20. The van der Waals surface area contributed by atoms with E-state index in [0.717, 1.165) is 5.56 Å². The molecule has 1 aromatic heterocycles. The molecule has 10 heteroatoms. The molecule has 0 bridgehead atoms. The summed E-state index contributed by atoms with van der Waals surface area (Å²) < 4.78 is 21.4. The van der Waals surface area contributed by atoms with E-state index in [2.05, 4.69) is 20.6 Å². The molecule has 0 aliphatic carbocycles. The molecule has 0 saturated heterocycles. The van der Waals surface area contributed by atoms with Gasteiger partial charge in [0.2, 0.25) is 5.76 Å². The second-order valence-corrected chi connectivity index (χ2v) is 7.20. The Balaban J connectivity index is 1.58. The Hall–Kier alpha value is -4.60. The van der Waals surface area contributed by atoms with Crippen LogP contribution < -0.4 is 20.2 Å². The van der Waals surface area contributed by atoms with Crippen LogP contribution in [-0.2, 0) is 20.9 Å². The summed E-state index contributed by atoms with van der Waals surface area (Å²) in [5.74, 6) is -0.909. The van der Waals surface area contributed by atoms with E-state index in [-0.39, 0.29) is 12.4 Å². The molecule has 0 aliphatic rings. The summed E-state index contributed by atoms with van der Waals surface area (Å²) in [4.78, 5) is 35.5. The van der Waals surface area contributed by atoms with E-state index >= 15 is 0 Å². The molecule has 0 spiro atoms. The molecule has 35 heavy (non-hydrogen) atoms. The lowest BCUT2D eigenvalue weighted by molar-refractivity contribution is -0.136. The summed E-state index contributed by atoms with van der Waals surface area (Å²) in [7, 11) is 1.27. The van der Waals surface area contributed by atoms with E-state index in [1.54, 1.807) is 36.4 Å². The first-order chi connectivity index (χ1) is 16.9. The number of benzene rings is 2. The smallest absolute Gasteiger partial charge is 0.373 e. The minimum atomic E-state index is -0.906. The number of hydrogen-bond acceptors (Lipinski definition) is 8. The van der Waals surface area contributed by atoms with Crippen LogP contribution in [0.15, 0.2) is 64.1 Å². The molecule has 2 amide bonds. The summed E-state index contributed by atoms with van der Waals surface area (Å²) in [6.45, 7) is 4.20. The van der Waals surface area contributed by atoms with Gasteiger partial charge in [0.05, 0.1) is 19.9 Å². The van der Waals surface area contributed by atoms with Gasteiger partial charge in [0.25, 0.3) is 0 Å². The molecule has 0 saturated carbocycles. The molecule has 2 N–H and O–H groups in total. The van der Waals surface area contributed by atoms with E-state index in [9.17, 15) is 14.4 Å². The van der Waals surface area contributed by atoms with Crippen LogP contribution in [0.4, 0.5) is 5.69 Å². The fourth-order valence-electron chi connectivity index (χ4n) is 2.85. The first kappa shape index (κ1) is 25.0. The van der Waals surface area contributed by atoms with Gasteiger partial charge in [-0.25, -0.2) is 10.2 Å². The summed E-state index contributed by atoms with van der Waals surface area (Å²) >= 11 is 0. The maximum Gasteiger partial charge on any atom is 0.373 e. The van der Waals surface area contributed by atoms with Crippen LogP contribution in [0.3, 0.4) is 0 Å². The number of carbonyl (C=O) groups is 3. The highest BCUT2D eigenvalue weighted by Gasteiger charge is 2.14. The molecule has 0 aliphatic heterocycles. The van der Waals surface area contributed by atoms with Gasteiger partial charge in [-0.15, -0.1) is 0 Å². The Kier molecular flexibility index (Phi) is 8.60. The van der Waals surface area contributed by atoms with E-state index in [4.69, 9.17) is 13.9 Å². The molecule has 3 rings (SSSR count). The third-order valence-corrected chi connectivity index (χ3v) is 4.58. The minimum Gasteiger partial charge on any atom is -0.490 e. The van der Waals surface area contributed by atoms with Gasteiger partial charge in [-0.1, -0.05) is 17.7 Å². The van der Waals surface area contributed by atoms with Crippen molar-refractivity contribution >= 4 is 29.7 Å². The number of aryl methyl sites for hydroxylation is 1. The largest absolute Gasteiger partial charge is 0.490 e. The molecule has 2 aromatic carbocycles. The van der Waals surface area contributed by atoms with Crippen molar-refractivity contribution in [3.05, 3.63) is 77.2 Å². The molecule has 0 radical (unpaired) electrons. The van der Waals surface area contributed by atoms with Crippen molar-refractivity contribution in [2.24, 2.45) is 5.10 Å². The van der Waals surface area contributed by atoms with Crippen molar-refractivity contribution in [3.63, 3.8) is 0 Å². The number of amides is 2. The predicted molar refractivity (Wildman–Crippen MR) is 128 cm³/mol. The summed E-state index contributed by atoms with van der Waals surface area (Å²) in [5.41, 5.74) is 4.33. The van der Waals surface area contributed by atoms with Gasteiger partial charge in [0.1, 0.15) is 12.4 Å². The molecular weight excluding hydrogens is 454 g/mol. The molecule has 182 valence electrons. The number of carbonyl (C=O) groups excluding carboxylic acids is 3. The Bertz CT molecular complexity index is 1220. The average Bonchev–Trinajstić information content (AvgIpc) is 3.33. The number of rotatable bonds is 9. The number of anilines is 1. The van der Waals surface area contributed by atoms with Crippen LogP contribution >= 0.6 is 0 Å².